The lowest BCUT2D eigenvalue weighted by Gasteiger charge is -2.54. The van der Waals surface area contributed by atoms with Gasteiger partial charge in [-0.2, -0.15) is 0 Å². The Morgan fingerprint density at radius 1 is 1.38 bits per heavy atom. The van der Waals surface area contributed by atoms with Crippen molar-refractivity contribution in [1.29, 1.82) is 0 Å². The SMILES string of the molecule is CC1(C)C(=O)C2(C)CCC1CC2O. The second-order valence-corrected chi connectivity index (χ2v) is 5.46. The van der Waals surface area contributed by atoms with Gasteiger partial charge in [-0.15, -0.1) is 0 Å². The number of rotatable bonds is 0. The van der Waals surface area contributed by atoms with Crippen molar-refractivity contribution in [3.8, 4) is 0 Å². The highest BCUT2D eigenvalue weighted by molar-refractivity contribution is 5.92. The molecule has 13 heavy (non-hydrogen) atoms. The maximum absolute atomic E-state index is 12.1. The van der Waals surface area contributed by atoms with Crippen molar-refractivity contribution in [3.05, 3.63) is 0 Å². The number of carbonyl (C=O) groups excluding carboxylic acids is 1. The lowest BCUT2D eigenvalue weighted by atomic mass is 9.49. The first-order chi connectivity index (χ1) is 5.89. The van der Waals surface area contributed by atoms with Gasteiger partial charge in [0.2, 0.25) is 0 Å². The van der Waals surface area contributed by atoms with Gasteiger partial charge in [0.1, 0.15) is 5.78 Å². The Kier molecular flexibility index (Phi) is 1.66. The molecule has 3 rings (SSSR count). The van der Waals surface area contributed by atoms with E-state index in [9.17, 15) is 9.90 Å². The molecular formula is C11H18O2. The van der Waals surface area contributed by atoms with Crippen LogP contribution in [-0.4, -0.2) is 17.0 Å². The second kappa shape index (κ2) is 2.35. The van der Waals surface area contributed by atoms with Crippen molar-refractivity contribution in [2.75, 3.05) is 0 Å². The van der Waals surface area contributed by atoms with Crippen LogP contribution in [0.5, 0.6) is 0 Å². The van der Waals surface area contributed by atoms with Crippen LogP contribution in [0.3, 0.4) is 0 Å². The topological polar surface area (TPSA) is 37.3 Å². The molecule has 2 heteroatoms. The molecule has 2 bridgehead atoms. The molecule has 3 fully saturated rings. The molecule has 0 heterocycles. The van der Waals surface area contributed by atoms with Gasteiger partial charge in [0.15, 0.2) is 0 Å². The highest BCUT2D eigenvalue weighted by Crippen LogP contribution is 2.55. The molecule has 0 radical (unpaired) electrons. The number of Topliss-reactive ketones (excluding diaryl/α,β-unsaturated/α-hetero) is 1. The molecule has 0 aromatic rings. The molecule has 74 valence electrons. The summed E-state index contributed by atoms with van der Waals surface area (Å²) in [5, 5.41) is 9.84. The van der Waals surface area contributed by atoms with Gasteiger partial charge in [0.25, 0.3) is 0 Å². The number of carbonyl (C=O) groups is 1. The molecule has 3 unspecified atom stereocenters. The maximum atomic E-state index is 12.1. The van der Waals surface area contributed by atoms with Crippen LogP contribution in [0.4, 0.5) is 0 Å². The van der Waals surface area contributed by atoms with E-state index in [-0.39, 0.29) is 11.2 Å². The summed E-state index contributed by atoms with van der Waals surface area (Å²) in [6.45, 7) is 5.99. The summed E-state index contributed by atoms with van der Waals surface area (Å²) in [7, 11) is 0. The molecular weight excluding hydrogens is 164 g/mol. The summed E-state index contributed by atoms with van der Waals surface area (Å²) in [6, 6.07) is 0. The summed E-state index contributed by atoms with van der Waals surface area (Å²) >= 11 is 0. The minimum absolute atomic E-state index is 0.202. The van der Waals surface area contributed by atoms with Crippen LogP contribution in [0.2, 0.25) is 0 Å². The Hall–Kier alpha value is -0.370. The molecule has 3 aliphatic carbocycles. The molecule has 3 atom stereocenters. The fourth-order valence-corrected chi connectivity index (χ4v) is 3.13. The third kappa shape index (κ3) is 0.954. The zero-order valence-corrected chi connectivity index (χ0v) is 8.63. The largest absolute Gasteiger partial charge is 0.392 e. The van der Waals surface area contributed by atoms with Gasteiger partial charge >= 0.3 is 0 Å². The van der Waals surface area contributed by atoms with Crippen LogP contribution >= 0.6 is 0 Å². The Bertz CT molecular complexity index is 257. The number of hydrogen-bond donors (Lipinski definition) is 1. The third-order valence-electron chi connectivity index (χ3n) is 4.38. The van der Waals surface area contributed by atoms with E-state index in [1.807, 2.05) is 20.8 Å². The number of hydrogen-bond acceptors (Lipinski definition) is 2. The number of fused-ring (bicyclic) bond motifs is 3. The maximum Gasteiger partial charge on any atom is 0.147 e. The summed E-state index contributed by atoms with van der Waals surface area (Å²) in [4.78, 5) is 12.1. The number of aliphatic hydroxyl groups is 1. The normalized spacial score (nSPS) is 48.2. The van der Waals surface area contributed by atoms with Gasteiger partial charge in [0, 0.05) is 5.41 Å². The molecule has 0 aromatic heterocycles. The Morgan fingerprint density at radius 3 is 2.46 bits per heavy atom. The van der Waals surface area contributed by atoms with Gasteiger partial charge in [0.05, 0.1) is 11.5 Å². The highest BCUT2D eigenvalue weighted by Gasteiger charge is 2.58. The molecule has 0 saturated heterocycles. The van der Waals surface area contributed by atoms with Crippen LogP contribution in [0.25, 0.3) is 0 Å². The van der Waals surface area contributed by atoms with Gasteiger partial charge in [-0.3, -0.25) is 4.79 Å². The van der Waals surface area contributed by atoms with Crippen LogP contribution in [-0.2, 0) is 4.79 Å². The monoisotopic (exact) mass is 182 g/mol. The summed E-state index contributed by atoms with van der Waals surface area (Å²) in [5.41, 5.74) is -0.648. The van der Waals surface area contributed by atoms with Crippen LogP contribution in [0.15, 0.2) is 0 Å². The van der Waals surface area contributed by atoms with E-state index in [1.54, 1.807) is 0 Å². The Labute approximate surface area is 79.3 Å². The van der Waals surface area contributed by atoms with Crippen molar-refractivity contribution in [2.24, 2.45) is 16.7 Å². The van der Waals surface area contributed by atoms with E-state index in [0.717, 1.165) is 19.3 Å². The summed E-state index contributed by atoms with van der Waals surface area (Å²) in [6.07, 6.45) is 2.40. The first-order valence-electron chi connectivity index (χ1n) is 5.12. The van der Waals surface area contributed by atoms with E-state index in [0.29, 0.717) is 5.92 Å². The van der Waals surface area contributed by atoms with Crippen molar-refractivity contribution in [2.45, 2.75) is 46.1 Å². The molecule has 0 amide bonds. The lowest BCUT2D eigenvalue weighted by molar-refractivity contribution is -0.168. The molecule has 2 nitrogen and oxygen atoms in total. The first-order valence-corrected chi connectivity index (χ1v) is 5.12. The second-order valence-electron chi connectivity index (χ2n) is 5.46. The predicted molar refractivity (Wildman–Crippen MR) is 50.2 cm³/mol. The first kappa shape index (κ1) is 9.20. The van der Waals surface area contributed by atoms with Crippen LogP contribution < -0.4 is 0 Å². The minimum Gasteiger partial charge on any atom is -0.392 e. The Balaban J connectivity index is 2.42. The van der Waals surface area contributed by atoms with E-state index in [2.05, 4.69) is 0 Å². The summed E-state index contributed by atoms with van der Waals surface area (Å²) in [5.74, 6) is 0.673. The average Bonchev–Trinajstić information content (AvgIpc) is 2.05. The van der Waals surface area contributed by atoms with Gasteiger partial charge in [-0.05, 0) is 25.2 Å². The van der Waals surface area contributed by atoms with E-state index < -0.39 is 11.5 Å². The standard InChI is InChI=1S/C11H18O2/c1-10(2)7-4-5-11(3,9(10)13)8(12)6-7/h7-8,12H,4-6H2,1-3H3. The Morgan fingerprint density at radius 2 is 2.00 bits per heavy atom. The van der Waals surface area contributed by atoms with Gasteiger partial charge in [-0.1, -0.05) is 20.8 Å². The van der Waals surface area contributed by atoms with Crippen LogP contribution in [0, 0.1) is 16.7 Å². The van der Waals surface area contributed by atoms with Gasteiger partial charge in [-0.25, -0.2) is 0 Å². The van der Waals surface area contributed by atoms with E-state index in [1.165, 1.54) is 0 Å². The van der Waals surface area contributed by atoms with E-state index >= 15 is 0 Å². The lowest BCUT2D eigenvalue weighted by Crippen LogP contribution is -2.59. The van der Waals surface area contributed by atoms with E-state index in [4.69, 9.17) is 0 Å². The molecule has 3 aliphatic rings. The molecule has 1 N–H and O–H groups in total. The van der Waals surface area contributed by atoms with Gasteiger partial charge < -0.3 is 5.11 Å². The smallest absolute Gasteiger partial charge is 0.147 e. The van der Waals surface area contributed by atoms with Crippen LogP contribution in [0.1, 0.15) is 40.0 Å². The van der Waals surface area contributed by atoms with Crippen molar-refractivity contribution >= 4 is 5.78 Å². The number of ketones is 1. The zero-order valence-electron chi connectivity index (χ0n) is 8.63. The fourth-order valence-electron chi connectivity index (χ4n) is 3.13. The molecule has 0 spiro atoms. The number of aliphatic hydroxyl groups excluding tert-OH is 1. The average molecular weight is 182 g/mol. The van der Waals surface area contributed by atoms with Crippen molar-refractivity contribution in [1.82, 2.24) is 0 Å². The summed E-state index contributed by atoms with van der Waals surface area (Å²) < 4.78 is 0. The fraction of sp³-hybridized carbons (Fsp3) is 0.909. The third-order valence-corrected chi connectivity index (χ3v) is 4.38. The quantitative estimate of drug-likeness (QED) is 0.620. The molecule has 3 saturated carbocycles. The minimum atomic E-state index is -0.446. The van der Waals surface area contributed by atoms with Crippen molar-refractivity contribution < 1.29 is 9.90 Å². The predicted octanol–water partition coefficient (Wildman–Crippen LogP) is 1.76. The van der Waals surface area contributed by atoms with Crippen molar-refractivity contribution in [3.63, 3.8) is 0 Å². The molecule has 0 aliphatic heterocycles. The molecule has 0 aromatic carbocycles. The zero-order chi connectivity index (χ0) is 9.85. The highest BCUT2D eigenvalue weighted by atomic mass is 16.3.